The molecule has 0 atom stereocenters. The third-order valence-electron chi connectivity index (χ3n) is 2.78. The van der Waals surface area contributed by atoms with Gasteiger partial charge in [-0.3, -0.25) is 4.98 Å². The van der Waals surface area contributed by atoms with Gasteiger partial charge in [0, 0.05) is 12.7 Å². The zero-order chi connectivity index (χ0) is 9.31. The summed E-state index contributed by atoms with van der Waals surface area (Å²) in [6.07, 6.45) is 4.21. The number of rotatable bonds is 3. The lowest BCUT2D eigenvalue weighted by atomic mass is 10.1. The molecule has 3 nitrogen and oxygen atoms in total. The first kappa shape index (κ1) is 8.66. The zero-order valence-corrected chi connectivity index (χ0v) is 7.88. The van der Waals surface area contributed by atoms with Crippen LogP contribution < -0.4 is 11.1 Å². The SMILES string of the molecule is CNC1(c2cc(CN)ccn2)CC1. The van der Waals surface area contributed by atoms with E-state index in [2.05, 4.69) is 16.4 Å². The molecule has 13 heavy (non-hydrogen) atoms. The molecule has 1 aromatic heterocycles. The minimum atomic E-state index is 0.158. The summed E-state index contributed by atoms with van der Waals surface area (Å²) in [5.41, 5.74) is 8.03. The van der Waals surface area contributed by atoms with Crippen LogP contribution in [0.2, 0.25) is 0 Å². The number of pyridine rings is 1. The molecule has 2 rings (SSSR count). The third-order valence-corrected chi connectivity index (χ3v) is 2.78. The van der Waals surface area contributed by atoms with Crippen molar-refractivity contribution < 1.29 is 0 Å². The summed E-state index contributed by atoms with van der Waals surface area (Å²) in [6.45, 7) is 0.593. The van der Waals surface area contributed by atoms with Crippen molar-refractivity contribution in [1.82, 2.24) is 10.3 Å². The fourth-order valence-electron chi connectivity index (χ4n) is 1.62. The van der Waals surface area contributed by atoms with Gasteiger partial charge in [0.05, 0.1) is 11.2 Å². The first-order valence-electron chi connectivity index (χ1n) is 4.65. The topological polar surface area (TPSA) is 50.9 Å². The Labute approximate surface area is 78.4 Å². The Kier molecular flexibility index (Phi) is 2.06. The molecule has 0 radical (unpaired) electrons. The predicted molar refractivity (Wildman–Crippen MR) is 52.1 cm³/mol. The van der Waals surface area contributed by atoms with Crippen molar-refractivity contribution in [2.45, 2.75) is 24.9 Å². The average molecular weight is 177 g/mol. The monoisotopic (exact) mass is 177 g/mol. The summed E-state index contributed by atoms with van der Waals surface area (Å²) in [5, 5.41) is 3.32. The second kappa shape index (κ2) is 3.09. The Morgan fingerprint density at radius 2 is 2.38 bits per heavy atom. The number of hydrogen-bond acceptors (Lipinski definition) is 3. The van der Waals surface area contributed by atoms with Crippen molar-refractivity contribution in [1.29, 1.82) is 0 Å². The summed E-state index contributed by atoms with van der Waals surface area (Å²) in [7, 11) is 1.99. The van der Waals surface area contributed by atoms with Gasteiger partial charge in [-0.2, -0.15) is 0 Å². The zero-order valence-electron chi connectivity index (χ0n) is 7.88. The van der Waals surface area contributed by atoms with Gasteiger partial charge in [-0.15, -0.1) is 0 Å². The summed E-state index contributed by atoms with van der Waals surface area (Å²) in [6, 6.07) is 4.07. The number of nitrogens with zero attached hydrogens (tertiary/aromatic N) is 1. The van der Waals surface area contributed by atoms with Crippen LogP contribution in [0.25, 0.3) is 0 Å². The van der Waals surface area contributed by atoms with E-state index in [-0.39, 0.29) is 5.54 Å². The fourth-order valence-corrected chi connectivity index (χ4v) is 1.62. The highest BCUT2D eigenvalue weighted by Crippen LogP contribution is 2.44. The number of aromatic nitrogens is 1. The molecule has 0 unspecified atom stereocenters. The van der Waals surface area contributed by atoms with Crippen LogP contribution in [0.3, 0.4) is 0 Å². The van der Waals surface area contributed by atoms with Gasteiger partial charge < -0.3 is 11.1 Å². The van der Waals surface area contributed by atoms with Crippen LogP contribution in [-0.4, -0.2) is 12.0 Å². The maximum atomic E-state index is 5.58. The normalized spacial score (nSPS) is 18.6. The quantitative estimate of drug-likeness (QED) is 0.716. The maximum absolute atomic E-state index is 5.58. The second-order valence-electron chi connectivity index (χ2n) is 3.59. The summed E-state index contributed by atoms with van der Waals surface area (Å²) in [5.74, 6) is 0. The highest BCUT2D eigenvalue weighted by atomic mass is 15.0. The molecule has 0 amide bonds. The van der Waals surface area contributed by atoms with E-state index in [4.69, 9.17) is 5.73 Å². The van der Waals surface area contributed by atoms with Crippen LogP contribution in [0.4, 0.5) is 0 Å². The van der Waals surface area contributed by atoms with Crippen LogP contribution >= 0.6 is 0 Å². The molecule has 3 N–H and O–H groups in total. The molecule has 1 fully saturated rings. The predicted octanol–water partition coefficient (Wildman–Crippen LogP) is 0.749. The van der Waals surface area contributed by atoms with Gasteiger partial charge in [0.25, 0.3) is 0 Å². The van der Waals surface area contributed by atoms with Crippen LogP contribution in [0.5, 0.6) is 0 Å². The lowest BCUT2D eigenvalue weighted by Gasteiger charge is -2.13. The Morgan fingerprint density at radius 3 is 2.92 bits per heavy atom. The van der Waals surface area contributed by atoms with Crippen LogP contribution in [0.15, 0.2) is 18.3 Å². The third kappa shape index (κ3) is 1.45. The van der Waals surface area contributed by atoms with Gasteiger partial charge in [0.15, 0.2) is 0 Å². The molecule has 1 heterocycles. The Morgan fingerprint density at radius 1 is 1.62 bits per heavy atom. The minimum absolute atomic E-state index is 0.158. The highest BCUT2D eigenvalue weighted by molar-refractivity contribution is 5.27. The fraction of sp³-hybridized carbons (Fsp3) is 0.500. The van der Waals surface area contributed by atoms with E-state index < -0.39 is 0 Å². The molecular weight excluding hydrogens is 162 g/mol. The van der Waals surface area contributed by atoms with E-state index in [9.17, 15) is 0 Å². The van der Waals surface area contributed by atoms with Gasteiger partial charge in [-0.1, -0.05) is 0 Å². The average Bonchev–Trinajstić information content (AvgIpc) is 2.99. The van der Waals surface area contributed by atoms with E-state index in [0.717, 1.165) is 11.3 Å². The van der Waals surface area contributed by atoms with E-state index in [1.165, 1.54) is 12.8 Å². The van der Waals surface area contributed by atoms with Crippen molar-refractivity contribution >= 4 is 0 Å². The number of hydrogen-bond donors (Lipinski definition) is 2. The van der Waals surface area contributed by atoms with E-state index in [1.54, 1.807) is 0 Å². The van der Waals surface area contributed by atoms with Gasteiger partial charge in [-0.05, 0) is 37.6 Å². The van der Waals surface area contributed by atoms with E-state index in [0.29, 0.717) is 6.54 Å². The summed E-state index contributed by atoms with van der Waals surface area (Å²) in [4.78, 5) is 4.37. The van der Waals surface area contributed by atoms with Gasteiger partial charge >= 0.3 is 0 Å². The molecule has 70 valence electrons. The maximum Gasteiger partial charge on any atom is 0.0608 e. The van der Waals surface area contributed by atoms with Gasteiger partial charge in [-0.25, -0.2) is 0 Å². The molecule has 3 heteroatoms. The Hall–Kier alpha value is -0.930. The molecule has 0 bridgehead atoms. The van der Waals surface area contributed by atoms with Gasteiger partial charge in [0.2, 0.25) is 0 Å². The first-order chi connectivity index (χ1) is 6.30. The molecule has 1 aliphatic carbocycles. The lowest BCUT2D eigenvalue weighted by molar-refractivity contribution is 0.566. The van der Waals surface area contributed by atoms with Crippen molar-refractivity contribution in [2.24, 2.45) is 5.73 Å². The smallest absolute Gasteiger partial charge is 0.0608 e. The molecule has 1 saturated carbocycles. The molecule has 0 saturated heterocycles. The molecular formula is C10H15N3. The molecule has 0 aromatic carbocycles. The van der Waals surface area contributed by atoms with Crippen LogP contribution in [0, 0.1) is 0 Å². The van der Waals surface area contributed by atoms with Crippen molar-refractivity contribution in [3.63, 3.8) is 0 Å². The molecule has 1 aromatic rings. The van der Waals surface area contributed by atoms with Crippen molar-refractivity contribution in [3.05, 3.63) is 29.6 Å². The molecule has 0 aliphatic heterocycles. The van der Waals surface area contributed by atoms with E-state index in [1.807, 2.05) is 19.3 Å². The minimum Gasteiger partial charge on any atom is -0.326 e. The first-order valence-corrected chi connectivity index (χ1v) is 4.65. The molecule has 1 aliphatic rings. The summed E-state index contributed by atoms with van der Waals surface area (Å²) < 4.78 is 0. The highest BCUT2D eigenvalue weighted by Gasteiger charge is 2.44. The van der Waals surface area contributed by atoms with Crippen LogP contribution in [-0.2, 0) is 12.1 Å². The number of nitrogens with two attached hydrogens (primary N) is 1. The standard InChI is InChI=1S/C10H15N3/c1-12-10(3-4-10)9-6-8(7-11)2-5-13-9/h2,5-6,12H,3-4,7,11H2,1H3. The van der Waals surface area contributed by atoms with Crippen LogP contribution in [0.1, 0.15) is 24.1 Å². The Bertz CT molecular complexity index is 305. The molecule has 0 spiro atoms. The number of nitrogens with one attached hydrogen (secondary N) is 1. The van der Waals surface area contributed by atoms with Crippen molar-refractivity contribution in [3.8, 4) is 0 Å². The Balaban J connectivity index is 2.30. The largest absolute Gasteiger partial charge is 0.326 e. The van der Waals surface area contributed by atoms with E-state index >= 15 is 0 Å². The summed E-state index contributed by atoms with van der Waals surface area (Å²) >= 11 is 0. The second-order valence-corrected chi connectivity index (χ2v) is 3.59. The van der Waals surface area contributed by atoms with Gasteiger partial charge in [0.1, 0.15) is 0 Å². The van der Waals surface area contributed by atoms with Crippen molar-refractivity contribution in [2.75, 3.05) is 7.05 Å². The lowest BCUT2D eigenvalue weighted by Crippen LogP contribution is -2.25.